The first-order valence-electron chi connectivity index (χ1n) is 8.67. The number of hydrogen-bond donors (Lipinski definition) is 1. The van der Waals surface area contributed by atoms with Gasteiger partial charge in [-0.2, -0.15) is 0 Å². The monoisotopic (exact) mass is 366 g/mol. The van der Waals surface area contributed by atoms with Crippen LogP contribution in [0.5, 0.6) is 5.75 Å². The predicted molar refractivity (Wildman–Crippen MR) is 96.9 cm³/mol. The van der Waals surface area contributed by atoms with E-state index in [2.05, 4.69) is 0 Å². The number of rotatable bonds is 10. The van der Waals surface area contributed by atoms with E-state index < -0.39 is 5.97 Å². The Bertz CT molecular complexity index is 570. The first-order chi connectivity index (χ1) is 12.2. The molecule has 1 aromatic rings. The van der Waals surface area contributed by atoms with Crippen LogP contribution in [0.15, 0.2) is 24.3 Å². The number of carbonyl (C=O) groups is 1. The number of hydrogen-bond acceptors (Lipinski definition) is 6. The van der Waals surface area contributed by atoms with Gasteiger partial charge in [-0.05, 0) is 45.3 Å². The van der Waals surface area contributed by atoms with E-state index in [1.165, 1.54) is 0 Å². The van der Waals surface area contributed by atoms with Crippen LogP contribution in [-0.4, -0.2) is 62.4 Å². The Labute approximate surface area is 154 Å². The quantitative estimate of drug-likeness (QED) is 0.496. The predicted octanol–water partition coefficient (Wildman–Crippen LogP) is 1.48. The zero-order chi connectivity index (χ0) is 19.2. The Morgan fingerprint density at radius 2 is 1.50 bits per heavy atom. The molecule has 1 heterocycles. The molecule has 1 aliphatic rings. The van der Waals surface area contributed by atoms with E-state index in [1.54, 1.807) is 0 Å². The summed E-state index contributed by atoms with van der Waals surface area (Å²) in [6.07, 6.45) is 0. The maximum Gasteiger partial charge on any atom is 0.494 e. The fourth-order valence-corrected chi connectivity index (χ4v) is 2.30. The average molecular weight is 366 g/mol. The summed E-state index contributed by atoms with van der Waals surface area (Å²) in [5, 5.41) is 8.42. The minimum atomic E-state index is -0.989. The number of benzene rings is 1. The lowest BCUT2D eigenvalue weighted by atomic mass is 9.79. The summed E-state index contributed by atoms with van der Waals surface area (Å²) in [4.78, 5) is 10.3. The zero-order valence-corrected chi connectivity index (χ0v) is 15.8. The highest BCUT2D eigenvalue weighted by atomic mass is 16.7. The van der Waals surface area contributed by atoms with Crippen LogP contribution in [0.25, 0.3) is 0 Å². The summed E-state index contributed by atoms with van der Waals surface area (Å²) in [5.41, 5.74) is 0.222. The molecule has 8 heteroatoms. The molecule has 26 heavy (non-hydrogen) atoms. The van der Waals surface area contributed by atoms with Crippen molar-refractivity contribution in [3.8, 4) is 5.75 Å². The van der Waals surface area contributed by atoms with Crippen LogP contribution in [-0.2, 0) is 23.6 Å². The Balaban J connectivity index is 1.68. The second-order valence-electron chi connectivity index (χ2n) is 7.06. The van der Waals surface area contributed by atoms with Crippen molar-refractivity contribution in [2.45, 2.75) is 38.9 Å². The van der Waals surface area contributed by atoms with Gasteiger partial charge in [0.15, 0.2) is 0 Å². The first kappa shape index (κ1) is 20.7. The van der Waals surface area contributed by atoms with Crippen molar-refractivity contribution in [1.82, 2.24) is 0 Å². The van der Waals surface area contributed by atoms with Crippen molar-refractivity contribution in [3.63, 3.8) is 0 Å². The third-order valence-electron chi connectivity index (χ3n) is 4.50. The van der Waals surface area contributed by atoms with Gasteiger partial charge in [-0.3, -0.25) is 0 Å². The van der Waals surface area contributed by atoms with Crippen molar-refractivity contribution in [1.29, 1.82) is 0 Å². The van der Waals surface area contributed by atoms with Crippen molar-refractivity contribution in [3.05, 3.63) is 24.3 Å². The van der Waals surface area contributed by atoms with Gasteiger partial charge in [-0.25, -0.2) is 4.79 Å². The molecule has 1 fully saturated rings. The molecule has 144 valence electrons. The van der Waals surface area contributed by atoms with E-state index in [1.807, 2.05) is 52.0 Å². The summed E-state index contributed by atoms with van der Waals surface area (Å²) in [6, 6.07) is 7.60. The van der Waals surface area contributed by atoms with Gasteiger partial charge in [0.1, 0.15) is 19.0 Å². The third-order valence-corrected chi connectivity index (χ3v) is 4.50. The molecule has 1 N–H and O–H groups in total. The summed E-state index contributed by atoms with van der Waals surface area (Å²) in [5.74, 6) is -0.256. The molecule has 0 amide bonds. The van der Waals surface area contributed by atoms with Gasteiger partial charge < -0.3 is 28.6 Å². The van der Waals surface area contributed by atoms with Gasteiger partial charge in [0.25, 0.3) is 0 Å². The van der Waals surface area contributed by atoms with Gasteiger partial charge in [0.2, 0.25) is 0 Å². The molecule has 1 aliphatic heterocycles. The van der Waals surface area contributed by atoms with E-state index in [0.29, 0.717) is 19.8 Å². The molecule has 1 saturated heterocycles. The van der Waals surface area contributed by atoms with Gasteiger partial charge in [0.05, 0.1) is 31.0 Å². The molecule has 2 rings (SSSR count). The Morgan fingerprint density at radius 1 is 0.962 bits per heavy atom. The van der Waals surface area contributed by atoms with E-state index in [4.69, 9.17) is 28.6 Å². The molecule has 0 unspecified atom stereocenters. The maximum absolute atomic E-state index is 10.3. The Kier molecular flexibility index (Phi) is 7.05. The van der Waals surface area contributed by atoms with Crippen LogP contribution in [0.1, 0.15) is 27.7 Å². The highest BCUT2D eigenvalue weighted by Gasteiger charge is 2.51. The first-order valence-corrected chi connectivity index (χ1v) is 8.67. The van der Waals surface area contributed by atoms with Gasteiger partial charge in [-0.1, -0.05) is 12.1 Å². The van der Waals surface area contributed by atoms with Gasteiger partial charge >= 0.3 is 13.1 Å². The topological polar surface area (TPSA) is 83.5 Å². The van der Waals surface area contributed by atoms with Gasteiger partial charge in [0, 0.05) is 0 Å². The number of ether oxygens (including phenoxy) is 3. The normalized spacial score (nSPS) is 18.1. The second kappa shape index (κ2) is 8.86. The molecule has 0 atom stereocenters. The van der Waals surface area contributed by atoms with E-state index in [0.717, 1.165) is 11.2 Å². The highest BCUT2D eigenvalue weighted by Crippen LogP contribution is 2.36. The summed E-state index contributed by atoms with van der Waals surface area (Å²) < 4.78 is 27.8. The molecule has 0 spiro atoms. The van der Waals surface area contributed by atoms with Crippen molar-refractivity contribution in [2.24, 2.45) is 0 Å². The fraction of sp³-hybridized carbons (Fsp3) is 0.611. The molecular weight excluding hydrogens is 339 g/mol. The van der Waals surface area contributed by atoms with Crippen molar-refractivity contribution < 1.29 is 33.4 Å². The maximum atomic E-state index is 10.3. The number of aliphatic carboxylic acids is 1. The van der Waals surface area contributed by atoms with Crippen LogP contribution in [0.3, 0.4) is 0 Å². The molecule has 0 radical (unpaired) electrons. The van der Waals surface area contributed by atoms with E-state index >= 15 is 0 Å². The zero-order valence-electron chi connectivity index (χ0n) is 15.8. The molecule has 0 bridgehead atoms. The smallest absolute Gasteiger partial charge is 0.491 e. The lowest BCUT2D eigenvalue weighted by Crippen LogP contribution is -2.41. The second-order valence-corrected chi connectivity index (χ2v) is 7.06. The van der Waals surface area contributed by atoms with Crippen LogP contribution in [0, 0.1) is 0 Å². The van der Waals surface area contributed by atoms with Crippen LogP contribution >= 0.6 is 0 Å². The molecular formula is C18H27BO7. The summed E-state index contributed by atoms with van der Waals surface area (Å²) in [7, 11) is -0.386. The summed E-state index contributed by atoms with van der Waals surface area (Å²) >= 11 is 0. The third kappa shape index (κ3) is 5.70. The molecule has 0 aliphatic carbocycles. The van der Waals surface area contributed by atoms with E-state index in [-0.39, 0.29) is 31.5 Å². The molecule has 7 nitrogen and oxygen atoms in total. The minimum absolute atomic E-state index is 0.245. The SMILES string of the molecule is CC1(C)OB(c2ccc(OCCOCCOCC(=O)O)cc2)OC1(C)C. The van der Waals surface area contributed by atoms with Crippen LogP contribution in [0.4, 0.5) is 0 Å². The standard InChI is InChI=1S/C18H27BO7/c1-17(2)18(3,4)26-19(25-17)14-5-7-15(8-6-14)24-12-11-22-9-10-23-13-16(20)21/h5-8H,9-13H2,1-4H3,(H,20,21). The number of carboxylic acid groups (broad SMARTS) is 1. The van der Waals surface area contributed by atoms with E-state index in [9.17, 15) is 4.79 Å². The lowest BCUT2D eigenvalue weighted by molar-refractivity contribution is -0.142. The van der Waals surface area contributed by atoms with Crippen LogP contribution < -0.4 is 10.2 Å². The van der Waals surface area contributed by atoms with Gasteiger partial charge in [-0.15, -0.1) is 0 Å². The Hall–Kier alpha value is -1.61. The van der Waals surface area contributed by atoms with Crippen LogP contribution in [0.2, 0.25) is 0 Å². The molecule has 0 saturated carbocycles. The molecule has 1 aromatic carbocycles. The van der Waals surface area contributed by atoms with Crippen molar-refractivity contribution in [2.75, 3.05) is 33.0 Å². The lowest BCUT2D eigenvalue weighted by Gasteiger charge is -2.32. The average Bonchev–Trinajstić information content (AvgIpc) is 2.78. The number of carboxylic acids is 1. The van der Waals surface area contributed by atoms with Crippen molar-refractivity contribution >= 4 is 18.6 Å². The molecule has 0 aromatic heterocycles. The largest absolute Gasteiger partial charge is 0.494 e. The minimum Gasteiger partial charge on any atom is -0.491 e. The fourth-order valence-electron chi connectivity index (χ4n) is 2.30. The summed E-state index contributed by atoms with van der Waals surface area (Å²) in [6.45, 7) is 9.16. The Morgan fingerprint density at radius 3 is 2.08 bits per heavy atom. The highest BCUT2D eigenvalue weighted by molar-refractivity contribution is 6.62.